The number of hydrogen-bond acceptors (Lipinski definition) is 2. The summed E-state index contributed by atoms with van der Waals surface area (Å²) < 4.78 is 14.9. The van der Waals surface area contributed by atoms with Crippen molar-refractivity contribution in [1.82, 2.24) is 9.78 Å². The van der Waals surface area contributed by atoms with E-state index in [-0.39, 0.29) is 11.6 Å². The molecule has 1 aromatic rings. The zero-order chi connectivity index (χ0) is 10.1. The molecule has 0 atom stereocenters. The van der Waals surface area contributed by atoms with E-state index in [9.17, 15) is 4.39 Å². The molecule has 4 heteroatoms. The van der Waals surface area contributed by atoms with Crippen LogP contribution in [0.25, 0.3) is 0 Å². The molecule has 0 unspecified atom stereocenters. The maximum Gasteiger partial charge on any atom is 0.188 e. The average molecular weight is 197 g/mol. The van der Waals surface area contributed by atoms with Crippen molar-refractivity contribution in [1.29, 1.82) is 0 Å². The van der Waals surface area contributed by atoms with E-state index in [1.54, 1.807) is 7.05 Å². The van der Waals surface area contributed by atoms with Crippen LogP contribution in [-0.4, -0.2) is 9.78 Å². The molecule has 1 heterocycles. The fourth-order valence-corrected chi connectivity index (χ4v) is 2.19. The number of nitrogens with zero attached hydrogens (tertiary/aromatic N) is 2. The molecule has 1 fully saturated rings. The molecule has 1 aromatic heterocycles. The first-order chi connectivity index (χ1) is 6.68. The van der Waals surface area contributed by atoms with E-state index in [0.29, 0.717) is 11.6 Å². The molecule has 1 aliphatic rings. The van der Waals surface area contributed by atoms with Crippen LogP contribution in [0.1, 0.15) is 31.4 Å². The Morgan fingerprint density at radius 3 is 2.64 bits per heavy atom. The van der Waals surface area contributed by atoms with Gasteiger partial charge in [0.05, 0.1) is 0 Å². The monoisotopic (exact) mass is 197 g/mol. The van der Waals surface area contributed by atoms with Crippen LogP contribution < -0.4 is 5.73 Å². The lowest BCUT2D eigenvalue weighted by Crippen LogP contribution is -2.01. The highest BCUT2D eigenvalue weighted by Gasteiger charge is 2.20. The standard InChI is InChI=1S/C10H16FN3/c1-14-10(12)9(11)8(13-14)6-7-4-2-3-5-7/h7H,2-6,12H2,1H3. The lowest BCUT2D eigenvalue weighted by atomic mass is 10.0. The van der Waals surface area contributed by atoms with Crippen LogP contribution in [0.2, 0.25) is 0 Å². The van der Waals surface area contributed by atoms with Gasteiger partial charge in [0.2, 0.25) is 0 Å². The van der Waals surface area contributed by atoms with Crippen molar-refractivity contribution in [2.24, 2.45) is 13.0 Å². The zero-order valence-electron chi connectivity index (χ0n) is 8.46. The van der Waals surface area contributed by atoms with E-state index in [1.807, 2.05) is 0 Å². The van der Waals surface area contributed by atoms with Crippen LogP contribution in [-0.2, 0) is 13.5 Å². The molecule has 3 nitrogen and oxygen atoms in total. The molecule has 0 aromatic carbocycles. The minimum absolute atomic E-state index is 0.151. The van der Waals surface area contributed by atoms with Crippen molar-refractivity contribution >= 4 is 5.82 Å². The van der Waals surface area contributed by atoms with Gasteiger partial charge < -0.3 is 5.73 Å². The number of halogens is 1. The Balaban J connectivity index is 2.12. The maximum atomic E-state index is 13.5. The van der Waals surface area contributed by atoms with Crippen LogP contribution in [0.15, 0.2) is 0 Å². The van der Waals surface area contributed by atoms with E-state index in [1.165, 1.54) is 30.4 Å². The second-order valence-corrected chi connectivity index (χ2v) is 4.12. The molecule has 1 aliphatic carbocycles. The van der Waals surface area contributed by atoms with Crippen LogP contribution in [0.4, 0.5) is 10.2 Å². The van der Waals surface area contributed by atoms with Crippen LogP contribution >= 0.6 is 0 Å². The van der Waals surface area contributed by atoms with Crippen molar-refractivity contribution < 1.29 is 4.39 Å². The van der Waals surface area contributed by atoms with Gasteiger partial charge in [-0.1, -0.05) is 25.7 Å². The third kappa shape index (κ3) is 1.61. The Labute approximate surface area is 83.1 Å². The second kappa shape index (κ2) is 3.59. The third-order valence-electron chi connectivity index (χ3n) is 3.05. The summed E-state index contributed by atoms with van der Waals surface area (Å²) >= 11 is 0. The van der Waals surface area contributed by atoms with Gasteiger partial charge in [-0.3, -0.25) is 4.68 Å². The minimum atomic E-state index is -0.320. The van der Waals surface area contributed by atoms with Gasteiger partial charge in [-0.05, 0) is 12.3 Å². The first kappa shape index (κ1) is 9.49. The number of hydrogen-bond donors (Lipinski definition) is 1. The summed E-state index contributed by atoms with van der Waals surface area (Å²) in [6.45, 7) is 0. The average Bonchev–Trinajstić information content (AvgIpc) is 2.73. The van der Waals surface area contributed by atoms with E-state index in [0.717, 1.165) is 6.42 Å². The SMILES string of the molecule is Cn1nc(CC2CCCC2)c(F)c1N. The fraction of sp³-hybridized carbons (Fsp3) is 0.700. The van der Waals surface area contributed by atoms with Gasteiger partial charge in [0.1, 0.15) is 5.69 Å². The number of anilines is 1. The van der Waals surface area contributed by atoms with E-state index >= 15 is 0 Å². The Hall–Kier alpha value is -1.06. The van der Waals surface area contributed by atoms with Gasteiger partial charge >= 0.3 is 0 Å². The highest BCUT2D eigenvalue weighted by Crippen LogP contribution is 2.29. The van der Waals surface area contributed by atoms with Crippen LogP contribution in [0, 0.1) is 11.7 Å². The quantitative estimate of drug-likeness (QED) is 0.786. The molecule has 0 saturated heterocycles. The van der Waals surface area contributed by atoms with E-state index in [4.69, 9.17) is 5.73 Å². The van der Waals surface area contributed by atoms with Gasteiger partial charge in [-0.25, -0.2) is 4.39 Å². The Kier molecular flexibility index (Phi) is 2.44. The molecule has 2 rings (SSSR count). The van der Waals surface area contributed by atoms with Crippen LogP contribution in [0.5, 0.6) is 0 Å². The van der Waals surface area contributed by atoms with Gasteiger partial charge in [-0.15, -0.1) is 0 Å². The number of nitrogen functional groups attached to an aromatic ring is 1. The summed E-state index contributed by atoms with van der Waals surface area (Å²) in [5, 5.41) is 4.09. The Morgan fingerprint density at radius 2 is 2.14 bits per heavy atom. The highest BCUT2D eigenvalue weighted by molar-refractivity contribution is 5.33. The zero-order valence-corrected chi connectivity index (χ0v) is 8.46. The first-order valence-corrected chi connectivity index (χ1v) is 5.15. The van der Waals surface area contributed by atoms with Crippen molar-refractivity contribution in [3.63, 3.8) is 0 Å². The smallest absolute Gasteiger partial charge is 0.188 e. The summed E-state index contributed by atoms with van der Waals surface area (Å²) in [5.74, 6) is 0.441. The highest BCUT2D eigenvalue weighted by atomic mass is 19.1. The van der Waals surface area contributed by atoms with Crippen molar-refractivity contribution in [3.8, 4) is 0 Å². The molecule has 0 aliphatic heterocycles. The molecule has 0 amide bonds. The Bertz CT molecular complexity index is 326. The number of aromatic nitrogens is 2. The summed E-state index contributed by atoms with van der Waals surface area (Å²) in [5.41, 5.74) is 6.04. The van der Waals surface area contributed by atoms with Crippen LogP contribution in [0.3, 0.4) is 0 Å². The summed E-state index contributed by atoms with van der Waals surface area (Å²) in [7, 11) is 1.68. The molecule has 14 heavy (non-hydrogen) atoms. The van der Waals surface area contributed by atoms with E-state index in [2.05, 4.69) is 5.10 Å². The number of aryl methyl sites for hydroxylation is 1. The summed E-state index contributed by atoms with van der Waals surface area (Å²) in [6.07, 6.45) is 5.70. The predicted molar refractivity (Wildman–Crippen MR) is 53.2 cm³/mol. The van der Waals surface area contributed by atoms with Gasteiger partial charge in [0.25, 0.3) is 0 Å². The van der Waals surface area contributed by atoms with Gasteiger partial charge in [0.15, 0.2) is 11.6 Å². The van der Waals surface area contributed by atoms with Crippen molar-refractivity contribution in [3.05, 3.63) is 11.5 Å². The number of nitrogens with two attached hydrogens (primary N) is 1. The van der Waals surface area contributed by atoms with Crippen molar-refractivity contribution in [2.75, 3.05) is 5.73 Å². The van der Waals surface area contributed by atoms with Crippen molar-refractivity contribution in [2.45, 2.75) is 32.1 Å². The summed E-state index contributed by atoms with van der Waals surface area (Å²) in [4.78, 5) is 0. The molecular weight excluding hydrogens is 181 g/mol. The molecule has 0 radical (unpaired) electrons. The molecule has 2 N–H and O–H groups in total. The lowest BCUT2D eigenvalue weighted by Gasteiger charge is -2.04. The maximum absolute atomic E-state index is 13.5. The molecule has 0 bridgehead atoms. The predicted octanol–water partition coefficient (Wildman–Crippen LogP) is 1.87. The minimum Gasteiger partial charge on any atom is -0.381 e. The second-order valence-electron chi connectivity index (χ2n) is 4.12. The normalized spacial score (nSPS) is 17.9. The topological polar surface area (TPSA) is 43.8 Å². The van der Waals surface area contributed by atoms with Gasteiger partial charge in [0, 0.05) is 7.05 Å². The van der Waals surface area contributed by atoms with E-state index < -0.39 is 0 Å². The molecule has 78 valence electrons. The fourth-order valence-electron chi connectivity index (χ4n) is 2.19. The first-order valence-electron chi connectivity index (χ1n) is 5.15. The molecule has 0 spiro atoms. The largest absolute Gasteiger partial charge is 0.381 e. The molecule has 1 saturated carbocycles. The molecular formula is C10H16FN3. The Morgan fingerprint density at radius 1 is 1.50 bits per heavy atom. The summed E-state index contributed by atoms with van der Waals surface area (Å²) in [6, 6.07) is 0. The third-order valence-corrected chi connectivity index (χ3v) is 3.05. The lowest BCUT2D eigenvalue weighted by molar-refractivity contribution is 0.513. The van der Waals surface area contributed by atoms with Gasteiger partial charge in [-0.2, -0.15) is 5.10 Å². The number of rotatable bonds is 2.